The van der Waals surface area contributed by atoms with Gasteiger partial charge in [-0.3, -0.25) is 9.20 Å². The third-order valence-electron chi connectivity index (χ3n) is 3.91. The van der Waals surface area contributed by atoms with E-state index in [9.17, 15) is 9.18 Å². The smallest absolute Gasteiger partial charge is 0.263 e. The molecule has 3 rings (SSSR count). The second-order valence-electron chi connectivity index (χ2n) is 6.24. The van der Waals surface area contributed by atoms with Crippen molar-refractivity contribution in [1.29, 1.82) is 0 Å². The number of benzene rings is 1. The van der Waals surface area contributed by atoms with Gasteiger partial charge in [0.25, 0.3) is 5.91 Å². The Balaban J connectivity index is 1.83. The van der Waals surface area contributed by atoms with Crippen molar-refractivity contribution in [3.05, 3.63) is 46.9 Å². The summed E-state index contributed by atoms with van der Waals surface area (Å²) in [5.41, 5.74) is 2.50. The number of nitrogens with zero attached hydrogens (tertiary/aromatic N) is 2. The second-order valence-corrected chi connectivity index (χ2v) is 7.22. The first-order valence-electron chi connectivity index (χ1n) is 7.98. The molecule has 0 saturated heterocycles. The zero-order valence-corrected chi connectivity index (χ0v) is 14.8. The van der Waals surface area contributed by atoms with Crippen molar-refractivity contribution in [2.24, 2.45) is 5.92 Å². The van der Waals surface area contributed by atoms with Crippen LogP contribution in [0, 0.1) is 18.7 Å². The summed E-state index contributed by atoms with van der Waals surface area (Å²) < 4.78 is 15.0. The number of fused-ring (bicyclic) bond motifs is 1. The highest BCUT2D eigenvalue weighted by Gasteiger charge is 2.17. The van der Waals surface area contributed by atoms with E-state index in [2.05, 4.69) is 24.1 Å². The topological polar surface area (TPSA) is 46.4 Å². The number of thiazole rings is 1. The van der Waals surface area contributed by atoms with Crippen LogP contribution in [0.3, 0.4) is 0 Å². The molecule has 2 heterocycles. The first-order valence-corrected chi connectivity index (χ1v) is 8.80. The Labute approximate surface area is 144 Å². The highest BCUT2D eigenvalue weighted by Crippen LogP contribution is 2.27. The van der Waals surface area contributed by atoms with Crippen LogP contribution in [0.4, 0.5) is 4.39 Å². The van der Waals surface area contributed by atoms with Gasteiger partial charge in [-0.25, -0.2) is 9.37 Å². The minimum atomic E-state index is -0.267. The minimum Gasteiger partial charge on any atom is -0.351 e. The van der Waals surface area contributed by atoms with Gasteiger partial charge in [-0.05, 0) is 43.5 Å². The predicted octanol–water partition coefficient (Wildman–Crippen LogP) is 4.29. The van der Waals surface area contributed by atoms with E-state index in [-0.39, 0.29) is 11.7 Å². The standard InChI is InChI=1S/C18H20FN3OS/c1-11(2)8-9-20-17(23)16-12(3)22-10-15(21-18(22)24-16)13-4-6-14(19)7-5-13/h4-7,10-11H,8-9H2,1-3H3,(H,20,23). The first-order chi connectivity index (χ1) is 11.5. The van der Waals surface area contributed by atoms with Crippen molar-refractivity contribution in [3.8, 4) is 11.3 Å². The van der Waals surface area contributed by atoms with E-state index in [0.717, 1.165) is 28.3 Å². The molecule has 24 heavy (non-hydrogen) atoms. The summed E-state index contributed by atoms with van der Waals surface area (Å²) in [6, 6.07) is 6.25. The SMILES string of the molecule is Cc1c(C(=O)NCCC(C)C)sc2nc(-c3ccc(F)cc3)cn12. The lowest BCUT2D eigenvalue weighted by atomic mass is 10.1. The van der Waals surface area contributed by atoms with E-state index in [4.69, 9.17) is 0 Å². The molecule has 0 saturated carbocycles. The number of carbonyl (C=O) groups is 1. The quantitative estimate of drug-likeness (QED) is 0.750. The maximum Gasteiger partial charge on any atom is 0.263 e. The third-order valence-corrected chi connectivity index (χ3v) is 5.07. The van der Waals surface area contributed by atoms with Crippen LogP contribution in [-0.4, -0.2) is 21.8 Å². The van der Waals surface area contributed by atoms with Gasteiger partial charge in [0.1, 0.15) is 10.7 Å². The fourth-order valence-electron chi connectivity index (χ4n) is 2.48. The third kappa shape index (κ3) is 3.33. The van der Waals surface area contributed by atoms with E-state index in [1.807, 2.05) is 17.5 Å². The first kappa shape index (κ1) is 16.6. The average molecular weight is 345 g/mol. The lowest BCUT2D eigenvalue weighted by Crippen LogP contribution is -2.25. The second kappa shape index (κ2) is 6.73. The fraction of sp³-hybridized carbons (Fsp3) is 0.333. The summed E-state index contributed by atoms with van der Waals surface area (Å²) in [4.78, 5) is 18.3. The molecule has 0 radical (unpaired) electrons. The number of carbonyl (C=O) groups excluding carboxylic acids is 1. The van der Waals surface area contributed by atoms with Gasteiger partial charge in [0, 0.05) is 24.0 Å². The highest BCUT2D eigenvalue weighted by molar-refractivity contribution is 7.19. The number of halogens is 1. The molecule has 4 nitrogen and oxygen atoms in total. The number of imidazole rings is 1. The Hall–Kier alpha value is -2.21. The number of nitrogens with one attached hydrogen (secondary N) is 1. The molecule has 0 aliphatic carbocycles. The molecular formula is C18H20FN3OS. The van der Waals surface area contributed by atoms with E-state index >= 15 is 0 Å². The van der Waals surface area contributed by atoms with Crippen LogP contribution < -0.4 is 5.32 Å². The Morgan fingerprint density at radius 1 is 1.33 bits per heavy atom. The highest BCUT2D eigenvalue weighted by atomic mass is 32.1. The van der Waals surface area contributed by atoms with E-state index in [1.54, 1.807) is 12.1 Å². The normalized spacial score (nSPS) is 11.4. The largest absolute Gasteiger partial charge is 0.351 e. The van der Waals surface area contributed by atoms with E-state index in [1.165, 1.54) is 23.5 Å². The number of hydrogen-bond acceptors (Lipinski definition) is 3. The summed E-state index contributed by atoms with van der Waals surface area (Å²) in [7, 11) is 0. The van der Waals surface area contributed by atoms with Gasteiger partial charge in [0.05, 0.1) is 5.69 Å². The van der Waals surface area contributed by atoms with Crippen LogP contribution in [0.5, 0.6) is 0 Å². The van der Waals surface area contributed by atoms with Crippen LogP contribution in [0.15, 0.2) is 30.5 Å². The van der Waals surface area contributed by atoms with Gasteiger partial charge in [-0.2, -0.15) is 0 Å². The van der Waals surface area contributed by atoms with Crippen molar-refractivity contribution in [1.82, 2.24) is 14.7 Å². The molecule has 0 atom stereocenters. The van der Waals surface area contributed by atoms with Gasteiger partial charge in [0.15, 0.2) is 4.96 Å². The monoisotopic (exact) mass is 345 g/mol. The molecule has 0 bridgehead atoms. The van der Waals surface area contributed by atoms with Crippen molar-refractivity contribution >= 4 is 22.2 Å². The molecule has 2 aromatic heterocycles. The van der Waals surface area contributed by atoms with Crippen LogP contribution in [0.2, 0.25) is 0 Å². The number of rotatable bonds is 5. The molecule has 0 unspecified atom stereocenters. The summed E-state index contributed by atoms with van der Waals surface area (Å²) in [6.07, 6.45) is 2.85. The van der Waals surface area contributed by atoms with Gasteiger partial charge < -0.3 is 5.32 Å². The molecule has 0 aliphatic heterocycles. The zero-order valence-electron chi connectivity index (χ0n) is 14.0. The molecule has 0 spiro atoms. The Morgan fingerprint density at radius 2 is 2.04 bits per heavy atom. The Bertz CT molecular complexity index is 864. The molecule has 1 aromatic carbocycles. The van der Waals surface area contributed by atoms with Crippen molar-refractivity contribution in [2.45, 2.75) is 27.2 Å². The molecule has 0 aliphatic rings. The molecule has 0 fully saturated rings. The van der Waals surface area contributed by atoms with Crippen molar-refractivity contribution < 1.29 is 9.18 Å². The van der Waals surface area contributed by atoms with Gasteiger partial charge in [-0.1, -0.05) is 25.2 Å². The van der Waals surface area contributed by atoms with Crippen molar-refractivity contribution in [3.63, 3.8) is 0 Å². The summed E-state index contributed by atoms with van der Waals surface area (Å²) in [5, 5.41) is 2.96. The lowest BCUT2D eigenvalue weighted by Gasteiger charge is -2.06. The molecule has 1 N–H and O–H groups in total. The van der Waals surface area contributed by atoms with Gasteiger partial charge in [0.2, 0.25) is 0 Å². The number of aryl methyl sites for hydroxylation is 1. The number of amides is 1. The van der Waals surface area contributed by atoms with Crippen LogP contribution in [-0.2, 0) is 0 Å². The molecule has 1 amide bonds. The predicted molar refractivity (Wildman–Crippen MR) is 95.0 cm³/mol. The average Bonchev–Trinajstić information content (AvgIpc) is 3.07. The summed E-state index contributed by atoms with van der Waals surface area (Å²) in [6.45, 7) is 6.86. The molecule has 3 aromatic rings. The summed E-state index contributed by atoms with van der Waals surface area (Å²) in [5.74, 6) is 0.244. The van der Waals surface area contributed by atoms with Crippen LogP contribution >= 0.6 is 11.3 Å². The lowest BCUT2D eigenvalue weighted by molar-refractivity contribution is 0.0955. The van der Waals surface area contributed by atoms with E-state index < -0.39 is 0 Å². The summed E-state index contributed by atoms with van der Waals surface area (Å²) >= 11 is 1.38. The van der Waals surface area contributed by atoms with Crippen molar-refractivity contribution in [2.75, 3.05) is 6.54 Å². The maximum absolute atomic E-state index is 13.0. The Morgan fingerprint density at radius 3 is 2.67 bits per heavy atom. The molecule has 126 valence electrons. The van der Waals surface area contributed by atoms with Gasteiger partial charge in [-0.15, -0.1) is 0 Å². The fourth-order valence-corrected chi connectivity index (χ4v) is 3.50. The number of aromatic nitrogens is 2. The van der Waals surface area contributed by atoms with Gasteiger partial charge >= 0.3 is 0 Å². The maximum atomic E-state index is 13.0. The minimum absolute atomic E-state index is 0.0491. The number of hydrogen-bond donors (Lipinski definition) is 1. The van der Waals surface area contributed by atoms with E-state index in [0.29, 0.717) is 17.3 Å². The zero-order chi connectivity index (χ0) is 17.3. The Kier molecular flexibility index (Phi) is 4.66. The van der Waals surface area contributed by atoms with Crippen LogP contribution in [0.25, 0.3) is 16.2 Å². The van der Waals surface area contributed by atoms with Crippen LogP contribution in [0.1, 0.15) is 35.6 Å². The molecule has 6 heteroatoms. The molecular weight excluding hydrogens is 325 g/mol.